The fourth-order valence-corrected chi connectivity index (χ4v) is 2.76. The number of nitrogens with zero attached hydrogens (tertiary/aromatic N) is 2. The average molecular weight is 284 g/mol. The number of ether oxygens (including phenoxy) is 1. The largest absolute Gasteiger partial charge is 0.408 e. The second kappa shape index (κ2) is 5.31. The van der Waals surface area contributed by atoms with Crippen molar-refractivity contribution in [2.75, 3.05) is 26.3 Å². The van der Waals surface area contributed by atoms with Gasteiger partial charge in [0.2, 0.25) is 0 Å². The summed E-state index contributed by atoms with van der Waals surface area (Å²) < 4.78 is 12.6. The zero-order valence-corrected chi connectivity index (χ0v) is 11.4. The maximum absolute atomic E-state index is 5.53. The third kappa shape index (κ3) is 2.54. The van der Waals surface area contributed by atoms with E-state index >= 15 is 0 Å². The van der Waals surface area contributed by atoms with Crippen molar-refractivity contribution in [1.82, 2.24) is 9.78 Å². The van der Waals surface area contributed by atoms with Gasteiger partial charge >= 0.3 is 0 Å². The smallest absolute Gasteiger partial charge is 0.292 e. The van der Waals surface area contributed by atoms with E-state index in [1.165, 1.54) is 4.90 Å². The highest BCUT2D eigenvalue weighted by atomic mass is 32.1. The van der Waals surface area contributed by atoms with E-state index in [0.29, 0.717) is 10.7 Å². The van der Waals surface area contributed by atoms with Crippen LogP contribution in [0.5, 0.6) is 0 Å². The van der Waals surface area contributed by atoms with Crippen LogP contribution in [-0.4, -0.2) is 36.1 Å². The van der Waals surface area contributed by atoms with Crippen LogP contribution in [0, 0.1) is 4.84 Å². The van der Waals surface area contributed by atoms with Crippen molar-refractivity contribution in [2.24, 2.45) is 0 Å². The van der Waals surface area contributed by atoms with Crippen molar-refractivity contribution in [3.05, 3.63) is 22.4 Å². The molecule has 2 aromatic heterocycles. The molecular formula is C11H14N3O2S2+. The van der Waals surface area contributed by atoms with Crippen molar-refractivity contribution in [3.8, 4) is 10.8 Å². The minimum atomic E-state index is 0.442. The van der Waals surface area contributed by atoms with E-state index in [9.17, 15) is 0 Å². The van der Waals surface area contributed by atoms with Crippen LogP contribution < -0.4 is 4.90 Å². The van der Waals surface area contributed by atoms with Gasteiger partial charge in [0.05, 0.1) is 18.1 Å². The van der Waals surface area contributed by atoms with E-state index in [2.05, 4.69) is 5.10 Å². The average Bonchev–Trinajstić information content (AvgIpc) is 3.01. The van der Waals surface area contributed by atoms with Crippen molar-refractivity contribution < 1.29 is 14.1 Å². The second-order valence-electron chi connectivity index (χ2n) is 4.17. The zero-order chi connectivity index (χ0) is 12.4. The molecule has 1 N–H and O–H groups in total. The minimum absolute atomic E-state index is 0.442. The maximum atomic E-state index is 5.53. The van der Waals surface area contributed by atoms with E-state index < -0.39 is 0 Å². The van der Waals surface area contributed by atoms with Gasteiger partial charge in [0.15, 0.2) is 6.67 Å². The Kier molecular flexibility index (Phi) is 3.55. The molecule has 0 radical (unpaired) electrons. The highest BCUT2D eigenvalue weighted by Gasteiger charge is 2.17. The Labute approximate surface area is 114 Å². The van der Waals surface area contributed by atoms with Gasteiger partial charge in [0.1, 0.15) is 13.1 Å². The molecule has 0 unspecified atom stereocenters. The van der Waals surface area contributed by atoms with E-state index in [0.717, 1.165) is 37.8 Å². The Morgan fingerprint density at radius 1 is 1.44 bits per heavy atom. The van der Waals surface area contributed by atoms with Gasteiger partial charge in [-0.3, -0.25) is 0 Å². The Morgan fingerprint density at radius 2 is 2.28 bits per heavy atom. The monoisotopic (exact) mass is 284 g/mol. The Balaban J connectivity index is 1.78. The predicted molar refractivity (Wildman–Crippen MR) is 70.2 cm³/mol. The van der Waals surface area contributed by atoms with Crippen LogP contribution in [0.15, 0.2) is 21.9 Å². The summed E-state index contributed by atoms with van der Waals surface area (Å²) in [6.45, 7) is 4.33. The number of morpholine rings is 1. The van der Waals surface area contributed by atoms with Gasteiger partial charge in [-0.1, -0.05) is 6.07 Å². The molecule has 3 rings (SSSR count). The molecule has 1 aliphatic rings. The van der Waals surface area contributed by atoms with Gasteiger partial charge in [0, 0.05) is 0 Å². The number of hydrogen-bond acceptors (Lipinski definition) is 5. The molecule has 1 saturated heterocycles. The molecule has 0 spiro atoms. The molecule has 7 heteroatoms. The van der Waals surface area contributed by atoms with Gasteiger partial charge in [-0.25, -0.2) is 0 Å². The Bertz CT molecular complexity index is 555. The normalized spacial score (nSPS) is 17.1. The standard InChI is InChI=1S/C11H13N3O2S2/c17-11-14(8-13-3-5-15-6-4-13)12-10(16-11)9-2-1-7-18-9/h1-2,7H,3-6,8H2/p+1. The molecule has 1 fully saturated rings. The van der Waals surface area contributed by atoms with Gasteiger partial charge < -0.3 is 14.1 Å². The molecule has 0 amide bonds. The SMILES string of the molecule is S=c1oc(-c2cccs2)nn1C[NH+]1CCOCC1. The third-order valence-corrected chi connectivity index (χ3v) is 4.06. The molecule has 1 aliphatic heterocycles. The molecule has 0 bridgehead atoms. The second-order valence-corrected chi connectivity index (χ2v) is 5.47. The first-order chi connectivity index (χ1) is 8.83. The quantitative estimate of drug-likeness (QED) is 0.847. The van der Waals surface area contributed by atoms with Crippen molar-refractivity contribution in [2.45, 2.75) is 6.67 Å². The third-order valence-electron chi connectivity index (χ3n) is 2.91. The van der Waals surface area contributed by atoms with Crippen LogP contribution in [0.3, 0.4) is 0 Å². The number of nitrogens with one attached hydrogen (secondary N) is 1. The van der Waals surface area contributed by atoms with Gasteiger partial charge in [-0.05, 0) is 23.7 Å². The maximum Gasteiger partial charge on any atom is 0.292 e. The fraction of sp³-hybridized carbons (Fsp3) is 0.455. The van der Waals surface area contributed by atoms with Gasteiger partial charge in [-0.15, -0.1) is 16.4 Å². The molecule has 5 nitrogen and oxygen atoms in total. The topological polar surface area (TPSA) is 44.6 Å². The van der Waals surface area contributed by atoms with Gasteiger partial charge in [-0.2, -0.15) is 4.68 Å². The van der Waals surface area contributed by atoms with Crippen LogP contribution in [0.1, 0.15) is 0 Å². The minimum Gasteiger partial charge on any atom is -0.408 e. The molecule has 96 valence electrons. The van der Waals surface area contributed by atoms with Crippen molar-refractivity contribution >= 4 is 23.6 Å². The highest BCUT2D eigenvalue weighted by molar-refractivity contribution is 7.71. The predicted octanol–water partition coefficient (Wildman–Crippen LogP) is 0.807. The molecule has 2 aromatic rings. The first-order valence-corrected chi connectivity index (χ1v) is 7.15. The zero-order valence-electron chi connectivity index (χ0n) is 9.80. The lowest BCUT2D eigenvalue weighted by Gasteiger charge is -2.22. The van der Waals surface area contributed by atoms with Crippen LogP contribution in [0.2, 0.25) is 0 Å². The lowest BCUT2D eigenvalue weighted by Crippen LogP contribution is -3.13. The summed E-state index contributed by atoms with van der Waals surface area (Å²) >= 11 is 6.81. The summed E-state index contributed by atoms with van der Waals surface area (Å²) in [6, 6.07) is 3.96. The van der Waals surface area contributed by atoms with Crippen molar-refractivity contribution in [1.29, 1.82) is 0 Å². The summed E-state index contributed by atoms with van der Waals surface area (Å²) in [5.41, 5.74) is 0. The molecular weight excluding hydrogens is 270 g/mol. The summed E-state index contributed by atoms with van der Waals surface area (Å²) in [4.78, 5) is 2.87. The van der Waals surface area contributed by atoms with Crippen molar-refractivity contribution in [3.63, 3.8) is 0 Å². The Hall–Kier alpha value is -1.02. The molecule has 0 aromatic carbocycles. The number of quaternary nitrogens is 1. The lowest BCUT2D eigenvalue weighted by atomic mass is 10.4. The first-order valence-electron chi connectivity index (χ1n) is 5.86. The number of aromatic nitrogens is 2. The molecule has 18 heavy (non-hydrogen) atoms. The van der Waals surface area contributed by atoms with Crippen LogP contribution in [0.4, 0.5) is 0 Å². The van der Waals surface area contributed by atoms with E-state index in [-0.39, 0.29) is 0 Å². The van der Waals surface area contributed by atoms with Gasteiger partial charge in [0.25, 0.3) is 10.7 Å². The molecule has 0 aliphatic carbocycles. The molecule has 0 atom stereocenters. The summed E-state index contributed by atoms with van der Waals surface area (Å²) in [6.07, 6.45) is 0. The number of hydrogen-bond donors (Lipinski definition) is 1. The fourth-order valence-electron chi connectivity index (χ4n) is 1.94. The van der Waals surface area contributed by atoms with Crippen LogP contribution in [0.25, 0.3) is 10.8 Å². The van der Waals surface area contributed by atoms with E-state index in [1.54, 1.807) is 16.0 Å². The summed E-state index contributed by atoms with van der Waals surface area (Å²) in [5.74, 6) is 0.614. The van der Waals surface area contributed by atoms with Crippen LogP contribution in [-0.2, 0) is 11.4 Å². The lowest BCUT2D eigenvalue weighted by molar-refractivity contribution is -0.931. The van der Waals surface area contributed by atoms with E-state index in [4.69, 9.17) is 21.4 Å². The van der Waals surface area contributed by atoms with Crippen LogP contribution >= 0.6 is 23.6 Å². The van der Waals surface area contributed by atoms with E-state index in [1.807, 2.05) is 17.5 Å². The molecule has 3 heterocycles. The first kappa shape index (κ1) is 12.0. The molecule has 0 saturated carbocycles. The summed E-state index contributed by atoms with van der Waals surface area (Å²) in [7, 11) is 0. The number of thiophene rings is 1. The highest BCUT2D eigenvalue weighted by Crippen LogP contribution is 2.22. The summed E-state index contributed by atoms with van der Waals surface area (Å²) in [5, 5.41) is 6.44. The Morgan fingerprint density at radius 3 is 3.00 bits per heavy atom. The number of rotatable bonds is 3.